The number of hydrogen-bond acceptors (Lipinski definition) is 3. The Bertz CT molecular complexity index is 499. The highest BCUT2D eigenvalue weighted by Crippen LogP contribution is 2.23. The normalized spacial score (nSPS) is 19.6. The van der Waals surface area contributed by atoms with E-state index in [9.17, 15) is 4.79 Å². The number of rotatable bonds is 5. The van der Waals surface area contributed by atoms with Gasteiger partial charge in [-0.15, -0.1) is 0 Å². The zero-order valence-electron chi connectivity index (χ0n) is 12.1. The van der Waals surface area contributed by atoms with Gasteiger partial charge in [-0.05, 0) is 44.1 Å². The first-order valence-electron chi connectivity index (χ1n) is 6.99. The van der Waals surface area contributed by atoms with E-state index in [0.29, 0.717) is 6.04 Å². The molecule has 4 nitrogen and oxygen atoms in total. The third kappa shape index (κ3) is 3.61. The van der Waals surface area contributed by atoms with Gasteiger partial charge in [0.05, 0.1) is 0 Å². The molecule has 1 saturated heterocycles. The van der Waals surface area contributed by atoms with Crippen LogP contribution in [0.25, 0.3) is 6.08 Å². The van der Waals surface area contributed by atoms with Gasteiger partial charge in [0.15, 0.2) is 0 Å². The topological polar surface area (TPSA) is 43.8 Å². The van der Waals surface area contributed by atoms with E-state index < -0.39 is 5.97 Å². The molecule has 1 unspecified atom stereocenters. The number of likely N-dealkylation sites (N-methyl/N-ethyl adjacent to an activating group) is 2. The molecule has 1 aliphatic rings. The molecule has 1 heterocycles. The van der Waals surface area contributed by atoms with E-state index in [1.54, 1.807) is 6.08 Å². The Labute approximate surface area is 120 Å². The lowest BCUT2D eigenvalue weighted by molar-refractivity contribution is -0.131. The number of aliphatic carboxylic acids is 1. The lowest BCUT2D eigenvalue weighted by Crippen LogP contribution is -2.36. The summed E-state index contributed by atoms with van der Waals surface area (Å²) in [7, 11) is 4.24. The molecule has 1 fully saturated rings. The van der Waals surface area contributed by atoms with E-state index >= 15 is 0 Å². The molecule has 0 saturated carbocycles. The molecule has 4 heteroatoms. The fourth-order valence-electron chi connectivity index (χ4n) is 2.76. The smallest absolute Gasteiger partial charge is 0.328 e. The zero-order valence-corrected chi connectivity index (χ0v) is 12.1. The Balaban J connectivity index is 2.12. The lowest BCUT2D eigenvalue weighted by atomic mass is 10.1. The Morgan fingerprint density at radius 2 is 2.25 bits per heavy atom. The summed E-state index contributed by atoms with van der Waals surface area (Å²) >= 11 is 0. The highest BCUT2D eigenvalue weighted by molar-refractivity contribution is 5.86. The van der Waals surface area contributed by atoms with Crippen LogP contribution in [0.15, 0.2) is 30.3 Å². The Hall–Kier alpha value is -1.81. The molecule has 1 aromatic rings. The molecule has 108 valence electrons. The van der Waals surface area contributed by atoms with Crippen LogP contribution in [0.2, 0.25) is 0 Å². The summed E-state index contributed by atoms with van der Waals surface area (Å²) in [6, 6.07) is 8.49. The predicted molar refractivity (Wildman–Crippen MR) is 82.0 cm³/mol. The SMILES string of the molecule is CN(CC1CCCN1C)c1ccccc1C=CC(=O)O. The van der Waals surface area contributed by atoms with Gasteiger partial charge >= 0.3 is 5.97 Å². The summed E-state index contributed by atoms with van der Waals surface area (Å²) in [6.45, 7) is 2.13. The quantitative estimate of drug-likeness (QED) is 0.837. The van der Waals surface area contributed by atoms with Crippen LogP contribution >= 0.6 is 0 Å². The molecule has 1 N–H and O–H groups in total. The van der Waals surface area contributed by atoms with Crippen molar-refractivity contribution < 1.29 is 9.90 Å². The number of para-hydroxylation sites is 1. The number of carboxylic acid groups (broad SMARTS) is 1. The van der Waals surface area contributed by atoms with Crippen molar-refractivity contribution >= 4 is 17.7 Å². The van der Waals surface area contributed by atoms with Gasteiger partial charge in [0.1, 0.15) is 0 Å². The maximum atomic E-state index is 10.7. The van der Waals surface area contributed by atoms with Crippen molar-refractivity contribution in [3.8, 4) is 0 Å². The molecule has 0 spiro atoms. The van der Waals surface area contributed by atoms with E-state index in [0.717, 1.165) is 17.8 Å². The number of carbonyl (C=O) groups is 1. The van der Waals surface area contributed by atoms with Crippen molar-refractivity contribution in [1.82, 2.24) is 4.90 Å². The van der Waals surface area contributed by atoms with Gasteiger partial charge in [-0.3, -0.25) is 0 Å². The van der Waals surface area contributed by atoms with Gasteiger partial charge in [0.2, 0.25) is 0 Å². The fraction of sp³-hybridized carbons (Fsp3) is 0.438. The second kappa shape index (κ2) is 6.57. The highest BCUT2D eigenvalue weighted by Gasteiger charge is 2.22. The highest BCUT2D eigenvalue weighted by atomic mass is 16.4. The minimum absolute atomic E-state index is 0.580. The molecular weight excluding hydrogens is 252 g/mol. The van der Waals surface area contributed by atoms with Gasteiger partial charge in [0, 0.05) is 31.4 Å². The molecule has 0 amide bonds. The summed E-state index contributed by atoms with van der Waals surface area (Å²) in [5.41, 5.74) is 2.02. The number of anilines is 1. The van der Waals surface area contributed by atoms with Crippen molar-refractivity contribution in [2.45, 2.75) is 18.9 Å². The maximum Gasteiger partial charge on any atom is 0.328 e. The van der Waals surface area contributed by atoms with Crippen molar-refractivity contribution in [2.75, 3.05) is 32.1 Å². The van der Waals surface area contributed by atoms with E-state index in [-0.39, 0.29) is 0 Å². The average molecular weight is 274 g/mol. The summed E-state index contributed by atoms with van der Waals surface area (Å²) in [5.74, 6) is -0.919. The van der Waals surface area contributed by atoms with E-state index in [2.05, 4.69) is 23.9 Å². The van der Waals surface area contributed by atoms with Crippen LogP contribution in [0, 0.1) is 0 Å². The van der Waals surface area contributed by atoms with Gasteiger partial charge in [-0.1, -0.05) is 18.2 Å². The molecule has 1 aromatic carbocycles. The first-order valence-corrected chi connectivity index (χ1v) is 6.99. The first kappa shape index (κ1) is 14.6. The molecular formula is C16H22N2O2. The van der Waals surface area contributed by atoms with Crippen LogP contribution in [0.5, 0.6) is 0 Å². The van der Waals surface area contributed by atoms with E-state index in [1.807, 2.05) is 24.3 Å². The summed E-state index contributed by atoms with van der Waals surface area (Å²) < 4.78 is 0. The minimum Gasteiger partial charge on any atom is -0.478 e. The molecule has 1 aliphatic heterocycles. The lowest BCUT2D eigenvalue weighted by Gasteiger charge is -2.28. The number of nitrogens with zero attached hydrogens (tertiary/aromatic N) is 2. The summed E-state index contributed by atoms with van der Waals surface area (Å²) in [5, 5.41) is 8.76. The van der Waals surface area contributed by atoms with Gasteiger partial charge in [0.25, 0.3) is 0 Å². The van der Waals surface area contributed by atoms with Crippen molar-refractivity contribution in [3.05, 3.63) is 35.9 Å². The van der Waals surface area contributed by atoms with Crippen LogP contribution in [-0.4, -0.2) is 49.2 Å². The largest absolute Gasteiger partial charge is 0.478 e. The molecule has 0 bridgehead atoms. The number of likely N-dealkylation sites (tertiary alicyclic amines) is 1. The Morgan fingerprint density at radius 1 is 1.50 bits per heavy atom. The van der Waals surface area contributed by atoms with Crippen LogP contribution in [-0.2, 0) is 4.79 Å². The predicted octanol–water partition coefficient (Wildman–Crippen LogP) is 2.31. The van der Waals surface area contributed by atoms with Gasteiger partial charge in [-0.2, -0.15) is 0 Å². The van der Waals surface area contributed by atoms with E-state index in [4.69, 9.17) is 5.11 Å². The van der Waals surface area contributed by atoms with Crippen LogP contribution in [0.4, 0.5) is 5.69 Å². The first-order chi connectivity index (χ1) is 9.58. The molecule has 2 rings (SSSR count). The van der Waals surface area contributed by atoms with Crippen molar-refractivity contribution in [1.29, 1.82) is 0 Å². The number of benzene rings is 1. The molecule has 20 heavy (non-hydrogen) atoms. The number of hydrogen-bond donors (Lipinski definition) is 1. The number of carboxylic acids is 1. The fourth-order valence-corrected chi connectivity index (χ4v) is 2.76. The summed E-state index contributed by atoms with van der Waals surface area (Å²) in [4.78, 5) is 15.3. The molecule has 0 aromatic heterocycles. The Kier molecular flexibility index (Phi) is 4.79. The van der Waals surface area contributed by atoms with E-state index in [1.165, 1.54) is 25.5 Å². The average Bonchev–Trinajstić information content (AvgIpc) is 2.82. The van der Waals surface area contributed by atoms with Crippen LogP contribution in [0.3, 0.4) is 0 Å². The maximum absolute atomic E-state index is 10.7. The van der Waals surface area contributed by atoms with Crippen LogP contribution in [0.1, 0.15) is 18.4 Å². The monoisotopic (exact) mass is 274 g/mol. The second-order valence-electron chi connectivity index (χ2n) is 5.39. The van der Waals surface area contributed by atoms with Crippen molar-refractivity contribution in [3.63, 3.8) is 0 Å². The zero-order chi connectivity index (χ0) is 14.5. The van der Waals surface area contributed by atoms with Gasteiger partial charge < -0.3 is 14.9 Å². The molecule has 1 atom stereocenters. The molecule has 0 aliphatic carbocycles. The second-order valence-corrected chi connectivity index (χ2v) is 5.39. The van der Waals surface area contributed by atoms with Crippen LogP contribution < -0.4 is 4.90 Å². The molecule has 0 radical (unpaired) electrons. The standard InChI is InChI=1S/C16H22N2O2/c1-17-11-5-7-14(17)12-18(2)15-8-4-3-6-13(15)9-10-16(19)20/h3-4,6,8-10,14H,5,7,11-12H2,1-2H3,(H,19,20). The summed E-state index contributed by atoms with van der Waals surface area (Å²) in [6.07, 6.45) is 5.34. The Morgan fingerprint density at radius 3 is 2.90 bits per heavy atom. The van der Waals surface area contributed by atoms with Crippen molar-refractivity contribution in [2.24, 2.45) is 0 Å². The third-order valence-corrected chi connectivity index (χ3v) is 3.91. The third-order valence-electron chi connectivity index (χ3n) is 3.91. The van der Waals surface area contributed by atoms with Gasteiger partial charge in [-0.25, -0.2) is 4.79 Å². The minimum atomic E-state index is -0.919.